The van der Waals surface area contributed by atoms with Gasteiger partial charge >= 0.3 is 0 Å². The molecule has 1 aromatic carbocycles. The molecule has 0 N–H and O–H groups in total. The molecule has 100 valence electrons. The Morgan fingerprint density at radius 1 is 1.21 bits per heavy atom. The van der Waals surface area contributed by atoms with E-state index in [1.54, 1.807) is 6.07 Å². The first-order valence-corrected chi connectivity index (χ1v) is 6.76. The molecule has 0 spiro atoms. The van der Waals surface area contributed by atoms with E-state index in [9.17, 15) is 0 Å². The van der Waals surface area contributed by atoms with E-state index in [0.717, 1.165) is 22.8 Å². The molecule has 0 saturated heterocycles. The first-order valence-electron chi connectivity index (χ1n) is 6.38. The van der Waals surface area contributed by atoms with Crippen LogP contribution in [0.15, 0.2) is 30.3 Å². The van der Waals surface area contributed by atoms with Crippen molar-refractivity contribution in [3.63, 3.8) is 0 Å². The van der Waals surface area contributed by atoms with Crippen molar-refractivity contribution in [2.75, 3.05) is 6.61 Å². The summed E-state index contributed by atoms with van der Waals surface area (Å²) in [5, 5.41) is 0.458. The lowest BCUT2D eigenvalue weighted by Gasteiger charge is -2.11. The van der Waals surface area contributed by atoms with Crippen LogP contribution in [0.25, 0.3) is 11.3 Å². The Morgan fingerprint density at radius 2 is 1.95 bits per heavy atom. The molecule has 19 heavy (non-hydrogen) atoms. The van der Waals surface area contributed by atoms with Gasteiger partial charge in [-0.3, -0.25) is 0 Å². The monoisotopic (exact) mass is 276 g/mol. The smallest absolute Gasteiger partial charge is 0.133 e. The van der Waals surface area contributed by atoms with Crippen LogP contribution >= 0.6 is 11.6 Å². The fourth-order valence-corrected chi connectivity index (χ4v) is 1.98. The standard InChI is InChI=1S/C15H17ClN2O/c1-4-19-13-8-6-5-7-11(13)12-9-14(16)18-15(17-12)10(2)3/h5-10H,4H2,1-3H3. The van der Waals surface area contributed by atoms with Crippen LogP contribution in [0.2, 0.25) is 5.15 Å². The van der Waals surface area contributed by atoms with Crippen molar-refractivity contribution < 1.29 is 4.74 Å². The summed E-state index contributed by atoms with van der Waals surface area (Å²) in [6.07, 6.45) is 0. The van der Waals surface area contributed by atoms with Crippen LogP contribution < -0.4 is 4.74 Å². The maximum absolute atomic E-state index is 6.08. The highest BCUT2D eigenvalue weighted by Gasteiger charge is 2.11. The van der Waals surface area contributed by atoms with Crippen LogP contribution in [-0.4, -0.2) is 16.6 Å². The predicted molar refractivity (Wildman–Crippen MR) is 77.7 cm³/mol. The van der Waals surface area contributed by atoms with Crippen LogP contribution in [-0.2, 0) is 0 Å². The Labute approximate surface area is 118 Å². The molecule has 4 heteroatoms. The van der Waals surface area contributed by atoms with E-state index in [2.05, 4.69) is 9.97 Å². The number of ether oxygens (including phenoxy) is 1. The molecule has 0 amide bonds. The van der Waals surface area contributed by atoms with Gasteiger partial charge in [0.1, 0.15) is 16.7 Å². The zero-order valence-corrected chi connectivity index (χ0v) is 12.1. The van der Waals surface area contributed by atoms with Crippen molar-refractivity contribution in [1.29, 1.82) is 0 Å². The zero-order chi connectivity index (χ0) is 13.8. The van der Waals surface area contributed by atoms with E-state index >= 15 is 0 Å². The third-order valence-electron chi connectivity index (χ3n) is 2.69. The number of benzene rings is 1. The summed E-state index contributed by atoms with van der Waals surface area (Å²) in [6, 6.07) is 9.59. The van der Waals surface area contributed by atoms with E-state index in [4.69, 9.17) is 16.3 Å². The van der Waals surface area contributed by atoms with E-state index in [1.807, 2.05) is 45.0 Å². The molecule has 0 aliphatic heterocycles. The van der Waals surface area contributed by atoms with E-state index in [0.29, 0.717) is 11.8 Å². The summed E-state index contributed by atoms with van der Waals surface area (Å²) in [4.78, 5) is 8.82. The molecule has 0 saturated carbocycles. The molecular weight excluding hydrogens is 260 g/mol. The molecule has 0 unspecified atom stereocenters. The van der Waals surface area contributed by atoms with Gasteiger partial charge in [-0.1, -0.05) is 37.6 Å². The second-order valence-electron chi connectivity index (χ2n) is 4.52. The highest BCUT2D eigenvalue weighted by Crippen LogP contribution is 2.30. The predicted octanol–water partition coefficient (Wildman–Crippen LogP) is 4.32. The first-order chi connectivity index (χ1) is 9.11. The van der Waals surface area contributed by atoms with Crippen molar-refractivity contribution >= 4 is 11.6 Å². The summed E-state index contributed by atoms with van der Waals surface area (Å²) in [5.41, 5.74) is 1.74. The Kier molecular flexibility index (Phi) is 4.38. The molecule has 0 aliphatic rings. The van der Waals surface area contributed by atoms with Crippen LogP contribution in [0.1, 0.15) is 32.5 Å². The third-order valence-corrected chi connectivity index (χ3v) is 2.89. The molecule has 0 aliphatic carbocycles. The minimum atomic E-state index is 0.233. The van der Waals surface area contributed by atoms with Crippen molar-refractivity contribution in [2.24, 2.45) is 0 Å². The largest absolute Gasteiger partial charge is 0.493 e. The van der Waals surface area contributed by atoms with Gasteiger partial charge in [0.2, 0.25) is 0 Å². The number of nitrogens with zero attached hydrogens (tertiary/aromatic N) is 2. The normalized spacial score (nSPS) is 10.8. The van der Waals surface area contributed by atoms with Gasteiger partial charge in [0.15, 0.2) is 0 Å². The van der Waals surface area contributed by atoms with Crippen LogP contribution in [0.5, 0.6) is 5.75 Å². The molecule has 2 rings (SSSR count). The van der Waals surface area contributed by atoms with Gasteiger partial charge in [-0.05, 0) is 19.1 Å². The SMILES string of the molecule is CCOc1ccccc1-c1cc(Cl)nc(C(C)C)n1. The fraction of sp³-hybridized carbons (Fsp3) is 0.333. The van der Waals surface area contributed by atoms with Gasteiger partial charge in [-0.15, -0.1) is 0 Å². The third kappa shape index (κ3) is 3.24. The van der Waals surface area contributed by atoms with Gasteiger partial charge in [0.25, 0.3) is 0 Å². The van der Waals surface area contributed by atoms with Crippen molar-refractivity contribution in [3.05, 3.63) is 41.3 Å². The highest BCUT2D eigenvalue weighted by atomic mass is 35.5. The van der Waals surface area contributed by atoms with Crippen molar-refractivity contribution in [3.8, 4) is 17.0 Å². The minimum Gasteiger partial charge on any atom is -0.493 e. The topological polar surface area (TPSA) is 35.0 Å². The highest BCUT2D eigenvalue weighted by molar-refractivity contribution is 6.29. The summed E-state index contributed by atoms with van der Waals surface area (Å²) in [6.45, 7) is 6.67. The number of rotatable bonds is 4. The Morgan fingerprint density at radius 3 is 2.63 bits per heavy atom. The van der Waals surface area contributed by atoms with E-state index in [-0.39, 0.29) is 5.92 Å². The Bertz CT molecular complexity index is 570. The molecule has 1 aromatic heterocycles. The quantitative estimate of drug-likeness (QED) is 0.780. The van der Waals surface area contributed by atoms with Crippen LogP contribution in [0, 0.1) is 0 Å². The number of hydrogen-bond acceptors (Lipinski definition) is 3. The lowest BCUT2D eigenvalue weighted by Crippen LogP contribution is -2.01. The average Bonchev–Trinajstić information content (AvgIpc) is 2.39. The second kappa shape index (κ2) is 6.02. The number of para-hydroxylation sites is 1. The molecule has 2 aromatic rings. The molecular formula is C15H17ClN2O. The number of hydrogen-bond donors (Lipinski definition) is 0. The summed E-state index contributed by atoms with van der Waals surface area (Å²) in [5.74, 6) is 1.79. The fourth-order valence-electron chi connectivity index (χ4n) is 1.79. The Balaban J connectivity index is 2.52. The van der Waals surface area contributed by atoms with Gasteiger partial charge in [-0.2, -0.15) is 0 Å². The first kappa shape index (κ1) is 13.8. The van der Waals surface area contributed by atoms with E-state index < -0.39 is 0 Å². The van der Waals surface area contributed by atoms with Crippen molar-refractivity contribution in [1.82, 2.24) is 9.97 Å². The second-order valence-corrected chi connectivity index (χ2v) is 4.91. The number of halogens is 1. The van der Waals surface area contributed by atoms with Crippen LogP contribution in [0.3, 0.4) is 0 Å². The van der Waals surface area contributed by atoms with Gasteiger partial charge < -0.3 is 4.74 Å². The summed E-state index contributed by atoms with van der Waals surface area (Å²) >= 11 is 6.08. The van der Waals surface area contributed by atoms with Crippen molar-refractivity contribution in [2.45, 2.75) is 26.7 Å². The summed E-state index contributed by atoms with van der Waals surface area (Å²) < 4.78 is 5.63. The van der Waals surface area contributed by atoms with Gasteiger partial charge in [0.05, 0.1) is 12.3 Å². The van der Waals surface area contributed by atoms with Gasteiger partial charge in [-0.25, -0.2) is 9.97 Å². The molecule has 3 nitrogen and oxygen atoms in total. The number of aromatic nitrogens is 2. The van der Waals surface area contributed by atoms with E-state index in [1.165, 1.54) is 0 Å². The average molecular weight is 277 g/mol. The zero-order valence-electron chi connectivity index (χ0n) is 11.4. The lowest BCUT2D eigenvalue weighted by atomic mass is 10.1. The summed E-state index contributed by atoms with van der Waals surface area (Å²) in [7, 11) is 0. The molecule has 0 radical (unpaired) electrons. The van der Waals surface area contributed by atoms with Crippen LogP contribution in [0.4, 0.5) is 0 Å². The molecule has 1 heterocycles. The Hall–Kier alpha value is -1.61. The lowest BCUT2D eigenvalue weighted by molar-refractivity contribution is 0.341. The van der Waals surface area contributed by atoms with Gasteiger partial charge in [0, 0.05) is 17.5 Å². The maximum Gasteiger partial charge on any atom is 0.133 e. The minimum absolute atomic E-state index is 0.233. The molecule has 0 atom stereocenters. The maximum atomic E-state index is 6.08. The molecule has 0 bridgehead atoms. The molecule has 0 fully saturated rings.